The SMILES string of the molecule is COc1cc(C(=S)N2CCN(c3ccccc3F)CC2)ccc1OCC(=O)Nc1ccc(C)c(C)c1. The summed E-state index contributed by atoms with van der Waals surface area (Å²) in [5.41, 5.74) is 4.45. The van der Waals surface area contributed by atoms with E-state index in [0.717, 1.165) is 16.8 Å². The number of para-hydroxylation sites is 1. The van der Waals surface area contributed by atoms with Crippen LogP contribution in [0.4, 0.5) is 15.8 Å². The van der Waals surface area contributed by atoms with Crippen molar-refractivity contribution in [2.75, 3.05) is 50.1 Å². The van der Waals surface area contributed by atoms with Gasteiger partial charge in [0.25, 0.3) is 5.91 Å². The zero-order valence-corrected chi connectivity index (χ0v) is 21.5. The minimum Gasteiger partial charge on any atom is -0.493 e. The van der Waals surface area contributed by atoms with Gasteiger partial charge in [-0.2, -0.15) is 0 Å². The fraction of sp³-hybridized carbons (Fsp3) is 0.286. The second-order valence-corrected chi connectivity index (χ2v) is 9.12. The molecule has 3 aromatic rings. The van der Waals surface area contributed by atoms with Crippen molar-refractivity contribution in [3.8, 4) is 11.5 Å². The molecule has 0 spiro atoms. The Hall–Kier alpha value is -3.65. The maximum Gasteiger partial charge on any atom is 0.262 e. The number of nitrogens with one attached hydrogen (secondary N) is 1. The molecule has 0 bridgehead atoms. The van der Waals surface area contributed by atoms with Gasteiger partial charge in [-0.3, -0.25) is 4.79 Å². The predicted octanol–water partition coefficient (Wildman–Crippen LogP) is 4.97. The molecule has 0 atom stereocenters. The van der Waals surface area contributed by atoms with Crippen molar-refractivity contribution < 1.29 is 18.7 Å². The number of nitrogens with zero attached hydrogens (tertiary/aromatic N) is 2. The topological polar surface area (TPSA) is 54.0 Å². The van der Waals surface area contributed by atoms with Gasteiger partial charge in [-0.25, -0.2) is 4.39 Å². The van der Waals surface area contributed by atoms with Crippen LogP contribution in [0.2, 0.25) is 0 Å². The lowest BCUT2D eigenvalue weighted by molar-refractivity contribution is -0.118. The van der Waals surface area contributed by atoms with Gasteiger partial charge in [0.1, 0.15) is 10.8 Å². The Morgan fingerprint density at radius 2 is 1.72 bits per heavy atom. The van der Waals surface area contributed by atoms with Gasteiger partial charge in [-0.05, 0) is 67.4 Å². The number of thiocarbonyl (C=S) groups is 1. The van der Waals surface area contributed by atoms with E-state index in [1.165, 1.54) is 11.6 Å². The van der Waals surface area contributed by atoms with Crippen molar-refractivity contribution in [1.29, 1.82) is 0 Å². The molecular formula is C28H30FN3O3S. The van der Waals surface area contributed by atoms with Crippen LogP contribution in [-0.2, 0) is 4.79 Å². The van der Waals surface area contributed by atoms with Gasteiger partial charge in [-0.15, -0.1) is 0 Å². The lowest BCUT2D eigenvalue weighted by Gasteiger charge is -2.37. The maximum absolute atomic E-state index is 14.1. The molecule has 3 aromatic carbocycles. The second-order valence-electron chi connectivity index (χ2n) is 8.73. The van der Waals surface area contributed by atoms with Crippen LogP contribution in [0, 0.1) is 19.7 Å². The number of benzene rings is 3. The Morgan fingerprint density at radius 3 is 2.42 bits per heavy atom. The van der Waals surface area contributed by atoms with E-state index in [0.29, 0.717) is 48.4 Å². The van der Waals surface area contributed by atoms with E-state index < -0.39 is 0 Å². The molecule has 0 aromatic heterocycles. The van der Waals surface area contributed by atoms with E-state index in [9.17, 15) is 9.18 Å². The molecule has 1 amide bonds. The third-order valence-electron chi connectivity index (χ3n) is 6.32. The van der Waals surface area contributed by atoms with Crippen LogP contribution in [0.3, 0.4) is 0 Å². The highest BCUT2D eigenvalue weighted by atomic mass is 32.1. The van der Waals surface area contributed by atoms with E-state index in [1.807, 2.05) is 55.1 Å². The third kappa shape index (κ3) is 5.94. The van der Waals surface area contributed by atoms with Gasteiger partial charge in [-0.1, -0.05) is 30.4 Å². The first-order chi connectivity index (χ1) is 17.4. The highest BCUT2D eigenvalue weighted by Crippen LogP contribution is 2.29. The van der Waals surface area contributed by atoms with Gasteiger partial charge in [0, 0.05) is 37.4 Å². The Morgan fingerprint density at radius 1 is 0.972 bits per heavy atom. The van der Waals surface area contributed by atoms with Crippen LogP contribution in [0.15, 0.2) is 60.7 Å². The monoisotopic (exact) mass is 507 g/mol. The Labute approximate surface area is 216 Å². The minimum absolute atomic E-state index is 0.148. The summed E-state index contributed by atoms with van der Waals surface area (Å²) in [6.07, 6.45) is 0. The molecule has 6 nitrogen and oxygen atoms in total. The molecule has 0 saturated carbocycles. The highest BCUT2D eigenvalue weighted by Gasteiger charge is 2.22. The van der Waals surface area contributed by atoms with Crippen LogP contribution in [0.1, 0.15) is 16.7 Å². The summed E-state index contributed by atoms with van der Waals surface area (Å²) < 4.78 is 25.4. The Bertz CT molecular complexity index is 1260. The van der Waals surface area contributed by atoms with Crippen molar-refractivity contribution in [3.63, 3.8) is 0 Å². The molecule has 0 unspecified atom stereocenters. The maximum atomic E-state index is 14.1. The molecule has 0 aliphatic carbocycles. The number of aryl methyl sites for hydroxylation is 2. The number of methoxy groups -OCH3 is 1. The smallest absolute Gasteiger partial charge is 0.262 e. The van der Waals surface area contributed by atoms with Gasteiger partial charge < -0.3 is 24.6 Å². The number of rotatable bonds is 7. The molecule has 8 heteroatoms. The minimum atomic E-state index is -0.257. The summed E-state index contributed by atoms with van der Waals surface area (Å²) in [5, 5.41) is 2.85. The van der Waals surface area contributed by atoms with E-state index in [-0.39, 0.29) is 18.3 Å². The van der Waals surface area contributed by atoms with Crippen molar-refractivity contribution in [3.05, 3.63) is 83.2 Å². The number of hydrogen-bond acceptors (Lipinski definition) is 5. The third-order valence-corrected chi connectivity index (χ3v) is 6.81. The predicted molar refractivity (Wildman–Crippen MR) is 145 cm³/mol. The fourth-order valence-electron chi connectivity index (χ4n) is 4.12. The van der Waals surface area contributed by atoms with E-state index in [4.69, 9.17) is 21.7 Å². The molecule has 1 heterocycles. The summed E-state index contributed by atoms with van der Waals surface area (Å²) in [6, 6.07) is 18.0. The van der Waals surface area contributed by atoms with Crippen LogP contribution in [0.25, 0.3) is 0 Å². The molecule has 1 saturated heterocycles. The lowest BCUT2D eigenvalue weighted by Crippen LogP contribution is -2.48. The number of carbonyl (C=O) groups is 1. The zero-order chi connectivity index (χ0) is 25.7. The van der Waals surface area contributed by atoms with Crippen LogP contribution in [0.5, 0.6) is 11.5 Å². The summed E-state index contributed by atoms with van der Waals surface area (Å²) in [5.74, 6) is 0.492. The molecule has 36 heavy (non-hydrogen) atoms. The number of anilines is 2. The number of ether oxygens (including phenoxy) is 2. The number of piperazine rings is 1. The van der Waals surface area contributed by atoms with Crippen molar-refractivity contribution in [2.24, 2.45) is 0 Å². The van der Waals surface area contributed by atoms with Gasteiger partial charge in [0.05, 0.1) is 12.8 Å². The van der Waals surface area contributed by atoms with Crippen molar-refractivity contribution >= 4 is 34.5 Å². The number of halogens is 1. The summed E-state index contributed by atoms with van der Waals surface area (Å²) >= 11 is 5.74. The average molecular weight is 508 g/mol. The van der Waals surface area contributed by atoms with E-state index in [1.54, 1.807) is 25.3 Å². The quantitative estimate of drug-likeness (QED) is 0.456. The molecular weight excluding hydrogens is 477 g/mol. The zero-order valence-electron chi connectivity index (χ0n) is 20.7. The van der Waals surface area contributed by atoms with Gasteiger partial charge in [0.2, 0.25) is 0 Å². The normalized spacial score (nSPS) is 13.3. The first kappa shape index (κ1) is 25.4. The highest BCUT2D eigenvalue weighted by molar-refractivity contribution is 7.80. The van der Waals surface area contributed by atoms with Crippen LogP contribution >= 0.6 is 12.2 Å². The number of amides is 1. The van der Waals surface area contributed by atoms with Gasteiger partial charge in [0.15, 0.2) is 18.1 Å². The molecule has 188 valence electrons. The molecule has 1 fully saturated rings. The summed E-state index contributed by atoms with van der Waals surface area (Å²) in [6.45, 7) is 6.60. The first-order valence-corrected chi connectivity index (χ1v) is 12.2. The Kier molecular flexibility index (Phi) is 8.05. The average Bonchev–Trinajstić information content (AvgIpc) is 2.89. The fourth-order valence-corrected chi connectivity index (χ4v) is 4.43. The molecule has 0 radical (unpaired) electrons. The lowest BCUT2D eigenvalue weighted by atomic mass is 10.1. The van der Waals surface area contributed by atoms with Gasteiger partial charge >= 0.3 is 0 Å². The second kappa shape index (κ2) is 11.4. The number of hydrogen-bond donors (Lipinski definition) is 1. The molecule has 4 rings (SSSR count). The number of carbonyl (C=O) groups excluding carboxylic acids is 1. The van der Waals surface area contributed by atoms with Crippen molar-refractivity contribution in [2.45, 2.75) is 13.8 Å². The first-order valence-electron chi connectivity index (χ1n) is 11.8. The summed E-state index contributed by atoms with van der Waals surface area (Å²) in [7, 11) is 1.55. The largest absolute Gasteiger partial charge is 0.493 e. The Balaban J connectivity index is 1.34. The standard InChI is InChI=1S/C28H30FN3O3S/c1-19-8-10-22(16-20(19)2)30-27(33)18-35-25-11-9-21(17-26(25)34-3)28(36)32-14-12-31(13-15-32)24-7-5-4-6-23(24)29/h4-11,16-17H,12-15,18H2,1-3H3,(H,30,33). The van der Waals surface area contributed by atoms with Crippen molar-refractivity contribution in [1.82, 2.24) is 4.90 Å². The summed E-state index contributed by atoms with van der Waals surface area (Å²) in [4.78, 5) is 17.2. The van der Waals surface area contributed by atoms with E-state index in [2.05, 4.69) is 10.2 Å². The van der Waals surface area contributed by atoms with Crippen LogP contribution < -0.4 is 19.7 Å². The molecule has 1 N–H and O–H groups in total. The molecule has 1 aliphatic rings. The molecule has 1 aliphatic heterocycles. The van der Waals surface area contributed by atoms with Crippen LogP contribution in [-0.4, -0.2) is 55.7 Å². The van der Waals surface area contributed by atoms with E-state index >= 15 is 0 Å².